The third-order valence-corrected chi connectivity index (χ3v) is 1.48. The number of esters is 1. The topological polar surface area (TPSA) is 60.4 Å². The fraction of sp³-hybridized carbons (Fsp3) is 0.667. The fourth-order valence-corrected chi connectivity index (χ4v) is 0.646. The van der Waals surface area contributed by atoms with Crippen molar-refractivity contribution >= 4 is 47.1 Å². The molecule has 0 saturated heterocycles. The van der Waals surface area contributed by atoms with Crippen LogP contribution in [0.4, 0.5) is 0 Å². The Morgan fingerprint density at radius 1 is 1.21 bits per heavy atom. The molecule has 0 fully saturated rings. The molecule has 0 atom stereocenters. The normalized spacial score (nSPS) is 9.14. The Balaban J connectivity index is 0. The number of ether oxygens (including phenoxy) is 1. The predicted molar refractivity (Wildman–Crippen MR) is 51.9 cm³/mol. The Labute approximate surface area is 106 Å². The van der Waals surface area contributed by atoms with Gasteiger partial charge in [-0.15, -0.1) is 0 Å². The number of hydrogen-bond donors (Lipinski definition) is 0. The summed E-state index contributed by atoms with van der Waals surface area (Å²) < 4.78 is 4.44. The molecular formula is C9H14NaO4. The zero-order valence-electron chi connectivity index (χ0n) is 9.12. The Morgan fingerprint density at radius 2 is 1.71 bits per heavy atom. The maximum absolute atomic E-state index is 11.0. The van der Waals surface area contributed by atoms with Crippen LogP contribution in [-0.2, 0) is 19.1 Å². The summed E-state index contributed by atoms with van der Waals surface area (Å²) in [5, 5.41) is 0. The van der Waals surface area contributed by atoms with E-state index >= 15 is 0 Å². The van der Waals surface area contributed by atoms with Crippen LogP contribution in [0.2, 0.25) is 0 Å². The Morgan fingerprint density at radius 3 is 2.07 bits per heavy atom. The second-order valence-electron chi connectivity index (χ2n) is 2.94. The van der Waals surface area contributed by atoms with Crippen molar-refractivity contribution in [3.05, 3.63) is 0 Å². The molecule has 0 aromatic rings. The second-order valence-corrected chi connectivity index (χ2v) is 2.94. The first-order valence-electron chi connectivity index (χ1n) is 4.21. The van der Waals surface area contributed by atoms with E-state index in [1.54, 1.807) is 20.8 Å². The van der Waals surface area contributed by atoms with Gasteiger partial charge in [0.2, 0.25) is 5.78 Å². The van der Waals surface area contributed by atoms with Gasteiger partial charge in [-0.3, -0.25) is 9.59 Å². The number of hydrogen-bond acceptors (Lipinski definition) is 4. The molecule has 0 aliphatic rings. The fourth-order valence-electron chi connectivity index (χ4n) is 0.646. The number of carbonyl (C=O) groups is 3. The second kappa shape index (κ2) is 8.15. The van der Waals surface area contributed by atoms with Crippen LogP contribution in [0.5, 0.6) is 0 Å². The van der Waals surface area contributed by atoms with Crippen LogP contribution >= 0.6 is 0 Å². The van der Waals surface area contributed by atoms with Crippen molar-refractivity contribution in [3.8, 4) is 0 Å². The van der Waals surface area contributed by atoms with E-state index in [2.05, 4.69) is 4.74 Å². The van der Waals surface area contributed by atoms with Gasteiger partial charge in [-0.25, -0.2) is 4.79 Å². The molecule has 0 aliphatic carbocycles. The van der Waals surface area contributed by atoms with E-state index in [1.807, 2.05) is 0 Å². The van der Waals surface area contributed by atoms with Gasteiger partial charge in [-0.05, 0) is 6.92 Å². The monoisotopic (exact) mass is 209 g/mol. The van der Waals surface area contributed by atoms with Crippen molar-refractivity contribution in [2.45, 2.75) is 27.2 Å². The summed E-state index contributed by atoms with van der Waals surface area (Å²) in [7, 11) is 0. The van der Waals surface area contributed by atoms with Crippen LogP contribution < -0.4 is 0 Å². The molecule has 0 aromatic carbocycles. The molecule has 5 heteroatoms. The van der Waals surface area contributed by atoms with Crippen LogP contribution in [0.25, 0.3) is 0 Å². The molecule has 0 aromatic heterocycles. The molecule has 0 amide bonds. The van der Waals surface area contributed by atoms with Crippen molar-refractivity contribution < 1.29 is 19.1 Å². The van der Waals surface area contributed by atoms with E-state index in [0.29, 0.717) is 0 Å². The molecule has 0 spiro atoms. The zero-order valence-corrected chi connectivity index (χ0v) is 11.1. The molecule has 0 unspecified atom stereocenters. The first-order chi connectivity index (χ1) is 5.99. The van der Waals surface area contributed by atoms with Crippen molar-refractivity contribution in [3.63, 3.8) is 0 Å². The summed E-state index contributed by atoms with van der Waals surface area (Å²) >= 11 is 0. The third kappa shape index (κ3) is 6.29. The van der Waals surface area contributed by atoms with Crippen LogP contribution in [0, 0.1) is 5.92 Å². The first kappa shape index (κ1) is 16.2. The molecule has 0 N–H and O–H groups in total. The molecular weight excluding hydrogens is 195 g/mol. The number of rotatable bonds is 5. The van der Waals surface area contributed by atoms with Crippen LogP contribution in [0.3, 0.4) is 0 Å². The molecule has 0 heterocycles. The molecule has 75 valence electrons. The maximum atomic E-state index is 11.0. The molecule has 4 nitrogen and oxygen atoms in total. The molecule has 1 radical (unpaired) electrons. The average molecular weight is 209 g/mol. The van der Waals surface area contributed by atoms with Crippen molar-refractivity contribution in [1.29, 1.82) is 0 Å². The summed E-state index contributed by atoms with van der Waals surface area (Å²) in [5.74, 6) is -2.14. The van der Waals surface area contributed by atoms with Gasteiger partial charge in [0.15, 0.2) is 0 Å². The standard InChI is InChI=1S/C9H14O4.Na/c1-4-13-9(12)8(11)5-7(10)6(2)3;/h6H,4-5H2,1-3H3;. The number of ketones is 2. The molecule has 0 bridgehead atoms. The number of Topliss-reactive ketones (excluding diaryl/α,β-unsaturated/α-hetero) is 2. The van der Waals surface area contributed by atoms with Crippen LogP contribution in [-0.4, -0.2) is 53.7 Å². The summed E-state index contributed by atoms with van der Waals surface area (Å²) in [6, 6.07) is 0. The summed E-state index contributed by atoms with van der Waals surface area (Å²) in [5.41, 5.74) is 0. The van der Waals surface area contributed by atoms with Crippen LogP contribution in [0.1, 0.15) is 27.2 Å². The van der Waals surface area contributed by atoms with Gasteiger partial charge in [0.05, 0.1) is 13.0 Å². The van der Waals surface area contributed by atoms with E-state index in [1.165, 1.54) is 0 Å². The van der Waals surface area contributed by atoms with Crippen molar-refractivity contribution in [1.82, 2.24) is 0 Å². The van der Waals surface area contributed by atoms with E-state index in [-0.39, 0.29) is 54.3 Å². The molecule has 0 rings (SSSR count). The minimum absolute atomic E-state index is 0. The van der Waals surface area contributed by atoms with Crippen LogP contribution in [0.15, 0.2) is 0 Å². The van der Waals surface area contributed by atoms with Gasteiger partial charge < -0.3 is 4.74 Å². The summed E-state index contributed by atoms with van der Waals surface area (Å²) in [4.78, 5) is 32.8. The van der Waals surface area contributed by atoms with E-state index in [9.17, 15) is 14.4 Å². The van der Waals surface area contributed by atoms with Crippen molar-refractivity contribution in [2.75, 3.05) is 6.61 Å². The van der Waals surface area contributed by atoms with Gasteiger partial charge >= 0.3 is 5.97 Å². The van der Waals surface area contributed by atoms with Gasteiger partial charge in [0.1, 0.15) is 5.78 Å². The Hall–Kier alpha value is -0.190. The van der Waals surface area contributed by atoms with Crippen molar-refractivity contribution in [2.24, 2.45) is 5.92 Å². The van der Waals surface area contributed by atoms with E-state index < -0.39 is 11.8 Å². The predicted octanol–water partition coefficient (Wildman–Crippen LogP) is 0.353. The molecule has 0 saturated carbocycles. The largest absolute Gasteiger partial charge is 0.460 e. The molecule has 0 aliphatic heterocycles. The minimum atomic E-state index is -0.920. The molecule has 14 heavy (non-hydrogen) atoms. The third-order valence-electron chi connectivity index (χ3n) is 1.48. The zero-order chi connectivity index (χ0) is 10.4. The SMILES string of the molecule is CCOC(=O)C(=O)CC(=O)C(C)C.[Na]. The minimum Gasteiger partial charge on any atom is -0.460 e. The summed E-state index contributed by atoms with van der Waals surface area (Å²) in [6.45, 7) is 5.12. The van der Waals surface area contributed by atoms with Gasteiger partial charge in [0.25, 0.3) is 0 Å². The van der Waals surface area contributed by atoms with Gasteiger partial charge in [-0.1, -0.05) is 13.8 Å². The summed E-state index contributed by atoms with van der Waals surface area (Å²) in [6.07, 6.45) is -0.351. The first-order valence-corrected chi connectivity index (χ1v) is 4.21. The van der Waals surface area contributed by atoms with E-state index in [4.69, 9.17) is 0 Å². The maximum Gasteiger partial charge on any atom is 0.375 e. The Bertz CT molecular complexity index is 223. The average Bonchev–Trinajstić information content (AvgIpc) is 2.04. The Kier molecular flexibility index (Phi) is 9.45. The van der Waals surface area contributed by atoms with Gasteiger partial charge in [-0.2, -0.15) is 0 Å². The smallest absolute Gasteiger partial charge is 0.375 e. The van der Waals surface area contributed by atoms with Gasteiger partial charge in [0, 0.05) is 35.5 Å². The number of carbonyl (C=O) groups excluding carboxylic acids is 3. The quantitative estimate of drug-likeness (QED) is 0.284. The van der Waals surface area contributed by atoms with E-state index in [0.717, 1.165) is 0 Å².